The number of hydrogen-bond donors (Lipinski definition) is 2. The zero-order valence-electron chi connectivity index (χ0n) is 26.3. The fraction of sp³-hybridized carbons (Fsp3) is 0.559. The number of rotatable bonds is 6. The minimum absolute atomic E-state index is 0.138. The highest BCUT2D eigenvalue weighted by Gasteiger charge is 2.59. The minimum Gasteiger partial charge on any atom is -0.497 e. The maximum absolute atomic E-state index is 14.4. The zero-order valence-corrected chi connectivity index (χ0v) is 26.3. The summed E-state index contributed by atoms with van der Waals surface area (Å²) in [6.07, 6.45) is 5.70. The second-order valence-corrected chi connectivity index (χ2v) is 14.0. The van der Waals surface area contributed by atoms with Crippen molar-refractivity contribution in [3.63, 3.8) is 0 Å². The SMILES string of the molecule is COc1ccc(CCn2cnc3cc(NC(=NC4C5(C)CCC(C5)C4(C)C)N4CC(C)NC(C)C4)ccc3c2=O)c(F)c1. The molecule has 3 aliphatic rings. The maximum atomic E-state index is 14.4. The van der Waals surface area contributed by atoms with E-state index in [0.717, 1.165) is 24.7 Å². The molecule has 2 heterocycles. The number of guanidine groups is 1. The average molecular weight is 589 g/mol. The molecular weight excluding hydrogens is 543 g/mol. The molecule has 2 aliphatic carbocycles. The lowest BCUT2D eigenvalue weighted by Gasteiger charge is -2.43. The number of halogens is 1. The second kappa shape index (κ2) is 11.2. The van der Waals surface area contributed by atoms with E-state index in [2.05, 4.69) is 55.1 Å². The Labute approximate surface area is 253 Å². The van der Waals surface area contributed by atoms with E-state index in [-0.39, 0.29) is 28.2 Å². The van der Waals surface area contributed by atoms with Gasteiger partial charge in [0.25, 0.3) is 5.56 Å². The Kier molecular flexibility index (Phi) is 7.73. The van der Waals surface area contributed by atoms with Crippen molar-refractivity contribution in [1.29, 1.82) is 0 Å². The highest BCUT2D eigenvalue weighted by Crippen LogP contribution is 2.63. The first kappa shape index (κ1) is 29.6. The monoisotopic (exact) mass is 588 g/mol. The molecule has 3 fully saturated rings. The van der Waals surface area contributed by atoms with Crippen LogP contribution < -0.4 is 20.9 Å². The Hall–Kier alpha value is -3.46. The van der Waals surface area contributed by atoms with Crippen LogP contribution in [0.5, 0.6) is 5.75 Å². The average Bonchev–Trinajstić information content (AvgIpc) is 3.45. The number of nitrogens with one attached hydrogen (secondary N) is 2. The van der Waals surface area contributed by atoms with Crippen LogP contribution in [0.3, 0.4) is 0 Å². The highest BCUT2D eigenvalue weighted by molar-refractivity contribution is 5.96. The summed E-state index contributed by atoms with van der Waals surface area (Å²) < 4.78 is 21.1. The lowest BCUT2D eigenvalue weighted by atomic mass is 9.69. The van der Waals surface area contributed by atoms with Gasteiger partial charge < -0.3 is 20.3 Å². The van der Waals surface area contributed by atoms with Gasteiger partial charge in [0.05, 0.1) is 30.4 Å². The van der Waals surface area contributed by atoms with Crippen LogP contribution in [0.25, 0.3) is 10.9 Å². The van der Waals surface area contributed by atoms with Gasteiger partial charge in [-0.25, -0.2) is 14.4 Å². The van der Waals surface area contributed by atoms with E-state index in [1.165, 1.54) is 32.4 Å². The van der Waals surface area contributed by atoms with Crippen molar-refractivity contribution in [2.45, 2.75) is 85.0 Å². The molecule has 2 N–H and O–H groups in total. The molecule has 1 aromatic heterocycles. The van der Waals surface area contributed by atoms with E-state index in [4.69, 9.17) is 9.73 Å². The fourth-order valence-electron chi connectivity index (χ4n) is 8.04. The molecule has 2 aromatic carbocycles. The number of hydrogen-bond acceptors (Lipinski definition) is 5. The predicted octanol–water partition coefficient (Wildman–Crippen LogP) is 5.45. The van der Waals surface area contributed by atoms with E-state index in [9.17, 15) is 9.18 Å². The van der Waals surface area contributed by atoms with E-state index in [0.29, 0.717) is 53.2 Å². The van der Waals surface area contributed by atoms with Crippen LogP contribution in [0, 0.1) is 22.6 Å². The highest BCUT2D eigenvalue weighted by atomic mass is 19.1. The normalized spacial score (nSPS) is 28.4. The third-order valence-corrected chi connectivity index (χ3v) is 10.3. The van der Waals surface area contributed by atoms with Crippen molar-refractivity contribution in [2.75, 3.05) is 25.5 Å². The molecule has 43 heavy (non-hydrogen) atoms. The molecule has 5 unspecified atom stereocenters. The van der Waals surface area contributed by atoms with Gasteiger partial charge in [0.2, 0.25) is 0 Å². The standard InChI is InChI=1S/C34H45FN6O2/c1-21-18-41(19-22(2)37-21)32(39-31-33(3,4)24-11-13-34(31,5)17-24)38-25-8-10-27-29(15-25)36-20-40(30(27)42)14-12-23-7-9-26(43-6)16-28(23)35/h7-10,15-16,20-22,24,31,37H,11-14,17-19H2,1-6H3,(H,38,39). The van der Waals surface area contributed by atoms with Gasteiger partial charge in [-0.1, -0.05) is 26.8 Å². The first-order valence-corrected chi connectivity index (χ1v) is 15.6. The summed E-state index contributed by atoms with van der Waals surface area (Å²) in [5, 5.41) is 7.84. The summed E-state index contributed by atoms with van der Waals surface area (Å²) in [6.45, 7) is 13.7. The van der Waals surface area contributed by atoms with Crippen LogP contribution in [0.4, 0.5) is 10.1 Å². The third-order valence-electron chi connectivity index (χ3n) is 10.3. The van der Waals surface area contributed by atoms with Crippen LogP contribution in [-0.4, -0.2) is 58.7 Å². The zero-order chi connectivity index (χ0) is 30.5. The Bertz CT molecular complexity index is 1590. The van der Waals surface area contributed by atoms with E-state index in [1.54, 1.807) is 23.0 Å². The lowest BCUT2D eigenvalue weighted by molar-refractivity contribution is 0.140. The Morgan fingerprint density at radius 1 is 1.16 bits per heavy atom. The maximum Gasteiger partial charge on any atom is 0.261 e. The first-order valence-electron chi connectivity index (χ1n) is 15.6. The summed E-state index contributed by atoms with van der Waals surface area (Å²) in [4.78, 5) is 25.9. The first-order chi connectivity index (χ1) is 20.5. The summed E-state index contributed by atoms with van der Waals surface area (Å²) >= 11 is 0. The van der Waals surface area contributed by atoms with Crippen LogP contribution in [0.1, 0.15) is 59.4 Å². The van der Waals surface area contributed by atoms with Crippen molar-refractivity contribution >= 4 is 22.5 Å². The quantitative estimate of drug-likeness (QED) is 0.294. The number of aryl methyl sites for hydroxylation is 2. The Balaban J connectivity index is 1.27. The van der Waals surface area contributed by atoms with Crippen molar-refractivity contribution in [1.82, 2.24) is 19.8 Å². The van der Waals surface area contributed by atoms with Crippen molar-refractivity contribution in [3.05, 3.63) is 64.5 Å². The third kappa shape index (κ3) is 5.64. The topological polar surface area (TPSA) is 83.8 Å². The fourth-order valence-corrected chi connectivity index (χ4v) is 8.04. The second-order valence-electron chi connectivity index (χ2n) is 14.0. The van der Waals surface area contributed by atoms with E-state index in [1.807, 2.05) is 18.2 Å². The van der Waals surface area contributed by atoms with Crippen LogP contribution >= 0.6 is 0 Å². The number of aliphatic imine (C=N–C) groups is 1. The van der Waals surface area contributed by atoms with Crippen molar-refractivity contribution in [2.24, 2.45) is 21.7 Å². The molecule has 0 spiro atoms. The summed E-state index contributed by atoms with van der Waals surface area (Å²) in [5.74, 6) is 1.74. The van der Waals surface area contributed by atoms with Gasteiger partial charge in [-0.15, -0.1) is 0 Å². The molecule has 3 aromatic rings. The van der Waals surface area contributed by atoms with Crippen LogP contribution in [0.15, 0.2) is 52.5 Å². The number of anilines is 1. The summed E-state index contributed by atoms with van der Waals surface area (Å²) in [5.41, 5.74) is 2.24. The molecule has 9 heteroatoms. The van der Waals surface area contributed by atoms with E-state index < -0.39 is 0 Å². The minimum atomic E-state index is -0.342. The molecular formula is C34H45FN6O2. The summed E-state index contributed by atoms with van der Waals surface area (Å²) in [6, 6.07) is 11.4. The van der Waals surface area contributed by atoms with Gasteiger partial charge in [-0.2, -0.15) is 0 Å². The largest absolute Gasteiger partial charge is 0.497 e. The molecule has 1 aliphatic heterocycles. The van der Waals surface area contributed by atoms with E-state index >= 15 is 0 Å². The number of aromatic nitrogens is 2. The molecule has 6 rings (SSSR count). The molecule has 0 amide bonds. The predicted molar refractivity (Wildman–Crippen MR) is 170 cm³/mol. The molecule has 2 saturated carbocycles. The Morgan fingerprint density at radius 3 is 2.60 bits per heavy atom. The van der Waals surface area contributed by atoms with Gasteiger partial charge in [-0.3, -0.25) is 9.36 Å². The Morgan fingerprint density at radius 2 is 1.93 bits per heavy atom. The molecule has 230 valence electrons. The molecule has 0 radical (unpaired) electrons. The number of nitrogens with zero attached hydrogens (tertiary/aromatic N) is 4. The molecule has 2 bridgehead atoms. The van der Waals surface area contributed by atoms with Crippen molar-refractivity contribution < 1.29 is 9.13 Å². The molecule has 1 saturated heterocycles. The summed E-state index contributed by atoms with van der Waals surface area (Å²) in [7, 11) is 1.51. The van der Waals surface area contributed by atoms with Gasteiger partial charge >= 0.3 is 0 Å². The van der Waals surface area contributed by atoms with Gasteiger partial charge in [0.1, 0.15) is 11.6 Å². The van der Waals surface area contributed by atoms with Gasteiger partial charge in [-0.05, 0) is 86.1 Å². The van der Waals surface area contributed by atoms with Gasteiger partial charge in [0, 0.05) is 43.5 Å². The number of ether oxygens (including phenoxy) is 1. The van der Waals surface area contributed by atoms with Crippen LogP contribution in [0.2, 0.25) is 0 Å². The van der Waals surface area contributed by atoms with Gasteiger partial charge in [0.15, 0.2) is 5.96 Å². The smallest absolute Gasteiger partial charge is 0.261 e. The van der Waals surface area contributed by atoms with Crippen LogP contribution in [-0.2, 0) is 13.0 Å². The number of methoxy groups -OCH3 is 1. The lowest BCUT2D eigenvalue weighted by Crippen LogP contribution is -2.57. The van der Waals surface area contributed by atoms with Crippen molar-refractivity contribution in [3.8, 4) is 5.75 Å². The molecule has 8 nitrogen and oxygen atoms in total. The number of piperazine rings is 1. The number of benzene rings is 2. The number of fused-ring (bicyclic) bond motifs is 3. The molecule has 5 atom stereocenters.